The van der Waals surface area contributed by atoms with Gasteiger partial charge in [-0.2, -0.15) is 0 Å². The van der Waals surface area contributed by atoms with Gasteiger partial charge in [-0.3, -0.25) is 4.79 Å². The highest BCUT2D eigenvalue weighted by Gasteiger charge is 2.36. The lowest BCUT2D eigenvalue weighted by Crippen LogP contribution is -2.40. The summed E-state index contributed by atoms with van der Waals surface area (Å²) in [4.78, 5) is 14.2. The highest BCUT2D eigenvalue weighted by atomic mass is 16.5. The maximum absolute atomic E-state index is 12.2. The van der Waals surface area contributed by atoms with Crippen LogP contribution in [0.2, 0.25) is 0 Å². The Morgan fingerprint density at radius 1 is 1.47 bits per heavy atom. The van der Waals surface area contributed by atoms with E-state index >= 15 is 0 Å². The quantitative estimate of drug-likeness (QED) is 0.709. The first-order chi connectivity index (χ1) is 7.33. The standard InChI is InChI=1S/C11H20N2O2/c1-15-7-6-13(10-2-3-10)11(14)9-4-5-12-8-9/h9-10,12H,2-8H2,1H3. The Hall–Kier alpha value is -0.610. The lowest BCUT2D eigenvalue weighted by molar-refractivity contribution is -0.136. The largest absolute Gasteiger partial charge is 0.383 e. The molecule has 0 aromatic heterocycles. The third-order valence-electron chi connectivity index (χ3n) is 3.22. The van der Waals surface area contributed by atoms with E-state index in [0.29, 0.717) is 18.6 Å². The summed E-state index contributed by atoms with van der Waals surface area (Å²) < 4.78 is 5.05. The molecule has 0 spiro atoms. The number of carbonyl (C=O) groups excluding carboxylic acids is 1. The van der Waals surface area contributed by atoms with E-state index in [9.17, 15) is 4.79 Å². The fraction of sp³-hybridized carbons (Fsp3) is 0.909. The van der Waals surface area contributed by atoms with E-state index in [1.165, 1.54) is 12.8 Å². The van der Waals surface area contributed by atoms with Gasteiger partial charge in [0.25, 0.3) is 0 Å². The van der Waals surface area contributed by atoms with Crippen molar-refractivity contribution in [1.82, 2.24) is 10.2 Å². The zero-order chi connectivity index (χ0) is 10.7. The summed E-state index contributed by atoms with van der Waals surface area (Å²) in [5.41, 5.74) is 0. The van der Waals surface area contributed by atoms with Crippen LogP contribution in [-0.2, 0) is 9.53 Å². The number of nitrogens with one attached hydrogen (secondary N) is 1. The van der Waals surface area contributed by atoms with Crippen molar-refractivity contribution in [1.29, 1.82) is 0 Å². The molecule has 15 heavy (non-hydrogen) atoms. The number of rotatable bonds is 5. The number of amides is 1. The van der Waals surface area contributed by atoms with Crippen LogP contribution in [0.1, 0.15) is 19.3 Å². The van der Waals surface area contributed by atoms with Gasteiger partial charge in [-0.1, -0.05) is 0 Å². The van der Waals surface area contributed by atoms with E-state index in [-0.39, 0.29) is 5.92 Å². The van der Waals surface area contributed by atoms with Crippen LogP contribution in [0.25, 0.3) is 0 Å². The Kier molecular flexibility index (Phi) is 3.59. The third kappa shape index (κ3) is 2.69. The monoisotopic (exact) mass is 212 g/mol. The van der Waals surface area contributed by atoms with Gasteiger partial charge in [-0.05, 0) is 25.8 Å². The molecule has 1 saturated carbocycles. The first-order valence-electron chi connectivity index (χ1n) is 5.83. The first-order valence-corrected chi connectivity index (χ1v) is 5.83. The molecule has 1 aliphatic heterocycles. The minimum absolute atomic E-state index is 0.211. The number of nitrogens with zero attached hydrogens (tertiary/aromatic N) is 1. The van der Waals surface area contributed by atoms with E-state index in [1.54, 1.807) is 7.11 Å². The Labute approximate surface area is 91.0 Å². The van der Waals surface area contributed by atoms with Crippen LogP contribution in [0.15, 0.2) is 0 Å². The number of carbonyl (C=O) groups is 1. The second-order valence-corrected chi connectivity index (χ2v) is 4.45. The first kappa shape index (κ1) is 10.9. The molecule has 1 heterocycles. The van der Waals surface area contributed by atoms with Crippen molar-refractivity contribution < 1.29 is 9.53 Å². The number of hydrogen-bond donors (Lipinski definition) is 1. The molecule has 1 N–H and O–H groups in total. The normalized spacial score (nSPS) is 25.5. The molecule has 0 radical (unpaired) electrons. The van der Waals surface area contributed by atoms with Crippen LogP contribution in [0.5, 0.6) is 0 Å². The molecule has 1 saturated heterocycles. The van der Waals surface area contributed by atoms with Gasteiger partial charge in [-0.15, -0.1) is 0 Å². The van der Waals surface area contributed by atoms with Crippen molar-refractivity contribution in [2.45, 2.75) is 25.3 Å². The second kappa shape index (κ2) is 4.94. The predicted octanol–water partition coefficient (Wildman–Crippen LogP) is 0.233. The van der Waals surface area contributed by atoms with Gasteiger partial charge >= 0.3 is 0 Å². The lowest BCUT2D eigenvalue weighted by atomic mass is 10.1. The van der Waals surface area contributed by atoms with E-state index < -0.39 is 0 Å². The zero-order valence-corrected chi connectivity index (χ0v) is 9.37. The molecule has 2 fully saturated rings. The smallest absolute Gasteiger partial charge is 0.227 e. The van der Waals surface area contributed by atoms with Crippen LogP contribution in [0.3, 0.4) is 0 Å². The van der Waals surface area contributed by atoms with Gasteiger partial charge in [0.05, 0.1) is 12.5 Å². The third-order valence-corrected chi connectivity index (χ3v) is 3.22. The van der Waals surface area contributed by atoms with E-state index in [4.69, 9.17) is 4.74 Å². The summed E-state index contributed by atoms with van der Waals surface area (Å²) in [6, 6.07) is 0.508. The van der Waals surface area contributed by atoms with Crippen LogP contribution in [-0.4, -0.2) is 50.2 Å². The van der Waals surface area contributed by atoms with Crippen molar-refractivity contribution in [3.63, 3.8) is 0 Å². The molecule has 86 valence electrons. The Balaban J connectivity index is 1.87. The molecular weight excluding hydrogens is 192 g/mol. The van der Waals surface area contributed by atoms with Crippen molar-refractivity contribution in [2.24, 2.45) is 5.92 Å². The Bertz CT molecular complexity index is 223. The van der Waals surface area contributed by atoms with Gasteiger partial charge in [-0.25, -0.2) is 0 Å². The van der Waals surface area contributed by atoms with Crippen molar-refractivity contribution >= 4 is 5.91 Å². The molecule has 1 aliphatic carbocycles. The van der Waals surface area contributed by atoms with Gasteiger partial charge in [0, 0.05) is 26.2 Å². The molecule has 0 aromatic carbocycles. The molecule has 4 heteroatoms. The minimum atomic E-state index is 0.211. The minimum Gasteiger partial charge on any atom is -0.383 e. The number of hydrogen-bond acceptors (Lipinski definition) is 3. The van der Waals surface area contributed by atoms with Gasteiger partial charge < -0.3 is 15.0 Å². The lowest BCUT2D eigenvalue weighted by Gasteiger charge is -2.24. The van der Waals surface area contributed by atoms with Crippen LogP contribution < -0.4 is 5.32 Å². The molecule has 1 unspecified atom stereocenters. The van der Waals surface area contributed by atoms with E-state index in [0.717, 1.165) is 26.1 Å². The maximum Gasteiger partial charge on any atom is 0.227 e. The molecule has 2 rings (SSSR count). The second-order valence-electron chi connectivity index (χ2n) is 4.45. The Morgan fingerprint density at radius 3 is 2.80 bits per heavy atom. The number of methoxy groups -OCH3 is 1. The van der Waals surface area contributed by atoms with Gasteiger partial charge in [0.2, 0.25) is 5.91 Å². The molecular formula is C11H20N2O2. The van der Waals surface area contributed by atoms with Gasteiger partial charge in [0.15, 0.2) is 0 Å². The highest BCUT2D eigenvalue weighted by Crippen LogP contribution is 2.28. The topological polar surface area (TPSA) is 41.6 Å². The fourth-order valence-electron chi connectivity index (χ4n) is 2.15. The summed E-state index contributed by atoms with van der Waals surface area (Å²) in [5, 5.41) is 3.24. The van der Waals surface area contributed by atoms with E-state index in [1.807, 2.05) is 4.90 Å². The average molecular weight is 212 g/mol. The molecule has 1 amide bonds. The van der Waals surface area contributed by atoms with Crippen LogP contribution in [0, 0.1) is 5.92 Å². The molecule has 0 bridgehead atoms. The Morgan fingerprint density at radius 2 is 2.27 bits per heavy atom. The van der Waals surface area contributed by atoms with Crippen LogP contribution in [0.4, 0.5) is 0 Å². The fourth-order valence-corrected chi connectivity index (χ4v) is 2.15. The summed E-state index contributed by atoms with van der Waals surface area (Å²) in [5.74, 6) is 0.544. The summed E-state index contributed by atoms with van der Waals surface area (Å²) in [6.45, 7) is 3.26. The summed E-state index contributed by atoms with van der Waals surface area (Å²) in [6.07, 6.45) is 3.35. The SMILES string of the molecule is COCCN(C(=O)C1CCNC1)C1CC1. The van der Waals surface area contributed by atoms with Crippen molar-refractivity contribution in [3.8, 4) is 0 Å². The molecule has 2 aliphatic rings. The summed E-state index contributed by atoms with van der Waals surface area (Å²) >= 11 is 0. The van der Waals surface area contributed by atoms with Crippen molar-refractivity contribution in [3.05, 3.63) is 0 Å². The van der Waals surface area contributed by atoms with Crippen LogP contribution >= 0.6 is 0 Å². The summed E-state index contributed by atoms with van der Waals surface area (Å²) in [7, 11) is 1.69. The highest BCUT2D eigenvalue weighted by molar-refractivity contribution is 5.80. The molecule has 4 nitrogen and oxygen atoms in total. The van der Waals surface area contributed by atoms with E-state index in [2.05, 4.69) is 5.32 Å². The number of ether oxygens (including phenoxy) is 1. The van der Waals surface area contributed by atoms with Crippen molar-refractivity contribution in [2.75, 3.05) is 33.4 Å². The average Bonchev–Trinajstić information content (AvgIpc) is 2.94. The van der Waals surface area contributed by atoms with Gasteiger partial charge in [0.1, 0.15) is 0 Å². The molecule has 0 aromatic rings. The predicted molar refractivity (Wildman–Crippen MR) is 57.6 cm³/mol. The molecule has 1 atom stereocenters. The zero-order valence-electron chi connectivity index (χ0n) is 9.37. The maximum atomic E-state index is 12.2.